The molecule has 0 saturated carbocycles. The van der Waals surface area contributed by atoms with Crippen molar-refractivity contribution in [3.05, 3.63) is 59.7 Å². The van der Waals surface area contributed by atoms with Gasteiger partial charge in [0.15, 0.2) is 0 Å². The van der Waals surface area contributed by atoms with E-state index in [4.69, 9.17) is 0 Å². The van der Waals surface area contributed by atoms with Crippen LogP contribution in [0.3, 0.4) is 0 Å². The SMILES string of the molecule is Cc1ccccc1C(=O)NCCC(=O)Nc1cccc(S(=O)(=O)NC(C)(C)C)c1. The number of hydrogen-bond donors (Lipinski definition) is 3. The predicted octanol–water partition coefficient (Wildman–Crippen LogP) is 2.83. The summed E-state index contributed by atoms with van der Waals surface area (Å²) in [5.41, 5.74) is 1.18. The average Bonchev–Trinajstić information content (AvgIpc) is 2.60. The second-order valence-corrected chi connectivity index (χ2v) is 9.43. The molecule has 156 valence electrons. The molecule has 29 heavy (non-hydrogen) atoms. The van der Waals surface area contributed by atoms with Crippen molar-refractivity contribution < 1.29 is 18.0 Å². The molecule has 0 aliphatic heterocycles. The van der Waals surface area contributed by atoms with Crippen molar-refractivity contribution in [1.82, 2.24) is 10.0 Å². The molecule has 8 heteroatoms. The lowest BCUT2D eigenvalue weighted by molar-refractivity contribution is -0.116. The third-order valence-corrected chi connectivity index (χ3v) is 5.65. The van der Waals surface area contributed by atoms with E-state index in [0.29, 0.717) is 11.3 Å². The summed E-state index contributed by atoms with van der Waals surface area (Å²) in [7, 11) is -3.70. The maximum Gasteiger partial charge on any atom is 0.251 e. The Kier molecular flexibility index (Phi) is 7.16. The molecule has 7 nitrogen and oxygen atoms in total. The molecule has 0 bridgehead atoms. The molecule has 2 aromatic rings. The summed E-state index contributed by atoms with van der Waals surface area (Å²) in [6, 6.07) is 13.2. The first-order valence-corrected chi connectivity index (χ1v) is 10.7. The van der Waals surface area contributed by atoms with Crippen LogP contribution in [-0.2, 0) is 14.8 Å². The fourth-order valence-corrected chi connectivity index (χ4v) is 4.10. The molecule has 0 aliphatic carbocycles. The van der Waals surface area contributed by atoms with Crippen LogP contribution < -0.4 is 15.4 Å². The number of rotatable bonds is 7. The van der Waals surface area contributed by atoms with Gasteiger partial charge in [0.25, 0.3) is 5.91 Å². The van der Waals surface area contributed by atoms with Crippen LogP contribution in [0.4, 0.5) is 5.69 Å². The van der Waals surface area contributed by atoms with Crippen LogP contribution in [0.25, 0.3) is 0 Å². The monoisotopic (exact) mass is 417 g/mol. The Morgan fingerprint density at radius 2 is 1.69 bits per heavy atom. The zero-order valence-electron chi connectivity index (χ0n) is 17.1. The molecule has 0 aromatic heterocycles. The van der Waals surface area contributed by atoms with Crippen LogP contribution in [0, 0.1) is 6.92 Å². The molecule has 0 unspecified atom stereocenters. The smallest absolute Gasteiger partial charge is 0.251 e. The average molecular weight is 418 g/mol. The van der Waals surface area contributed by atoms with Gasteiger partial charge in [0.1, 0.15) is 0 Å². The summed E-state index contributed by atoms with van der Waals surface area (Å²) in [5, 5.41) is 5.37. The summed E-state index contributed by atoms with van der Waals surface area (Å²) in [4.78, 5) is 24.4. The number of amides is 2. The van der Waals surface area contributed by atoms with Gasteiger partial charge in [0.2, 0.25) is 15.9 Å². The predicted molar refractivity (Wildman–Crippen MR) is 113 cm³/mol. The minimum absolute atomic E-state index is 0.0643. The minimum atomic E-state index is -3.70. The highest BCUT2D eigenvalue weighted by atomic mass is 32.2. The van der Waals surface area contributed by atoms with Crippen LogP contribution in [-0.4, -0.2) is 32.3 Å². The third-order valence-electron chi connectivity index (χ3n) is 3.90. The van der Waals surface area contributed by atoms with E-state index in [-0.39, 0.29) is 29.7 Å². The van der Waals surface area contributed by atoms with Crippen molar-refractivity contribution in [2.24, 2.45) is 0 Å². The van der Waals surface area contributed by atoms with Gasteiger partial charge in [0.05, 0.1) is 4.90 Å². The van der Waals surface area contributed by atoms with Gasteiger partial charge in [0, 0.05) is 29.8 Å². The number of benzene rings is 2. The maximum atomic E-state index is 12.4. The lowest BCUT2D eigenvalue weighted by Gasteiger charge is -2.20. The molecule has 3 N–H and O–H groups in total. The summed E-state index contributed by atoms with van der Waals surface area (Å²) in [6.45, 7) is 7.27. The molecule has 0 fully saturated rings. The van der Waals surface area contributed by atoms with Gasteiger partial charge < -0.3 is 10.6 Å². The summed E-state index contributed by atoms with van der Waals surface area (Å²) in [5.74, 6) is -0.564. The highest BCUT2D eigenvalue weighted by molar-refractivity contribution is 7.89. The number of sulfonamides is 1. The fraction of sp³-hybridized carbons (Fsp3) is 0.333. The van der Waals surface area contributed by atoms with Crippen molar-refractivity contribution in [2.75, 3.05) is 11.9 Å². The Bertz CT molecular complexity index is 995. The highest BCUT2D eigenvalue weighted by Gasteiger charge is 2.22. The standard InChI is InChI=1S/C21H27N3O4S/c1-15-8-5-6-11-18(15)20(26)22-13-12-19(25)23-16-9-7-10-17(14-16)29(27,28)24-21(2,3)4/h5-11,14,24H,12-13H2,1-4H3,(H,22,26)(H,23,25). The summed E-state index contributed by atoms with van der Waals surface area (Å²) in [6.07, 6.45) is 0.0643. The number of carbonyl (C=O) groups is 2. The lowest BCUT2D eigenvalue weighted by Crippen LogP contribution is -2.40. The van der Waals surface area contributed by atoms with E-state index in [1.807, 2.05) is 19.1 Å². The van der Waals surface area contributed by atoms with Gasteiger partial charge in [-0.25, -0.2) is 13.1 Å². The topological polar surface area (TPSA) is 104 Å². The lowest BCUT2D eigenvalue weighted by atomic mass is 10.1. The molecular weight excluding hydrogens is 390 g/mol. The second kappa shape index (κ2) is 9.19. The number of anilines is 1. The molecule has 0 saturated heterocycles. The fourth-order valence-electron chi connectivity index (χ4n) is 2.64. The Hall–Kier alpha value is -2.71. The van der Waals surface area contributed by atoms with E-state index < -0.39 is 15.6 Å². The minimum Gasteiger partial charge on any atom is -0.352 e. The second-order valence-electron chi connectivity index (χ2n) is 7.75. The molecule has 2 amide bonds. The normalized spacial score (nSPS) is 11.7. The Balaban J connectivity index is 1.93. The number of aryl methyl sites for hydroxylation is 1. The van der Waals surface area contributed by atoms with Crippen LogP contribution in [0.5, 0.6) is 0 Å². The number of hydrogen-bond acceptors (Lipinski definition) is 4. The first-order chi connectivity index (χ1) is 13.5. The molecule has 0 aliphatic rings. The van der Waals surface area contributed by atoms with Crippen molar-refractivity contribution in [2.45, 2.75) is 44.6 Å². The van der Waals surface area contributed by atoms with Crippen LogP contribution >= 0.6 is 0 Å². The maximum absolute atomic E-state index is 12.4. The number of carbonyl (C=O) groups excluding carboxylic acids is 2. The van der Waals surface area contributed by atoms with E-state index in [0.717, 1.165) is 5.56 Å². The van der Waals surface area contributed by atoms with Crippen molar-refractivity contribution in [3.63, 3.8) is 0 Å². The van der Waals surface area contributed by atoms with E-state index in [2.05, 4.69) is 15.4 Å². The van der Waals surface area contributed by atoms with Gasteiger partial charge >= 0.3 is 0 Å². The van der Waals surface area contributed by atoms with Crippen LogP contribution in [0.15, 0.2) is 53.4 Å². The molecule has 0 heterocycles. The zero-order chi connectivity index (χ0) is 21.7. The van der Waals surface area contributed by atoms with Crippen LogP contribution in [0.2, 0.25) is 0 Å². The quantitative estimate of drug-likeness (QED) is 0.644. The Morgan fingerprint density at radius 1 is 1.00 bits per heavy atom. The highest BCUT2D eigenvalue weighted by Crippen LogP contribution is 2.17. The molecule has 0 spiro atoms. The van der Waals surface area contributed by atoms with E-state index in [9.17, 15) is 18.0 Å². The third kappa shape index (κ3) is 6.99. The van der Waals surface area contributed by atoms with Gasteiger partial charge in [-0.2, -0.15) is 0 Å². The summed E-state index contributed by atoms with van der Waals surface area (Å²) < 4.78 is 27.4. The van der Waals surface area contributed by atoms with E-state index >= 15 is 0 Å². The first kappa shape index (κ1) is 22.6. The van der Waals surface area contributed by atoms with Gasteiger partial charge in [-0.15, -0.1) is 0 Å². The zero-order valence-corrected chi connectivity index (χ0v) is 17.9. The molecule has 2 rings (SSSR count). The van der Waals surface area contributed by atoms with Crippen molar-refractivity contribution in [3.8, 4) is 0 Å². The Morgan fingerprint density at radius 3 is 2.34 bits per heavy atom. The Labute approximate surface area is 172 Å². The molecule has 0 atom stereocenters. The van der Waals surface area contributed by atoms with Crippen molar-refractivity contribution >= 4 is 27.5 Å². The van der Waals surface area contributed by atoms with E-state index in [1.54, 1.807) is 45.0 Å². The van der Waals surface area contributed by atoms with Crippen molar-refractivity contribution in [1.29, 1.82) is 0 Å². The first-order valence-electron chi connectivity index (χ1n) is 9.26. The van der Waals surface area contributed by atoms with Gasteiger partial charge in [-0.3, -0.25) is 9.59 Å². The molecule has 0 radical (unpaired) electrons. The molecular formula is C21H27N3O4S. The van der Waals surface area contributed by atoms with E-state index in [1.165, 1.54) is 12.1 Å². The van der Waals surface area contributed by atoms with Gasteiger partial charge in [-0.1, -0.05) is 24.3 Å². The number of nitrogens with one attached hydrogen (secondary N) is 3. The largest absolute Gasteiger partial charge is 0.352 e. The van der Waals surface area contributed by atoms with Crippen LogP contribution in [0.1, 0.15) is 43.1 Å². The summed E-state index contributed by atoms with van der Waals surface area (Å²) >= 11 is 0. The molecule has 2 aromatic carbocycles. The van der Waals surface area contributed by atoms with Gasteiger partial charge in [-0.05, 0) is 57.5 Å².